The summed E-state index contributed by atoms with van der Waals surface area (Å²) in [7, 11) is 1.46. The van der Waals surface area contributed by atoms with Gasteiger partial charge >= 0.3 is 5.97 Å². The van der Waals surface area contributed by atoms with Crippen molar-refractivity contribution in [3.63, 3.8) is 0 Å². The molecule has 3 rings (SSSR count). The molecule has 0 heterocycles. The van der Waals surface area contributed by atoms with E-state index in [1.165, 1.54) is 13.2 Å². The van der Waals surface area contributed by atoms with Gasteiger partial charge in [0, 0.05) is 23.6 Å². The Balaban J connectivity index is 1.34. The summed E-state index contributed by atoms with van der Waals surface area (Å²) in [6, 6.07) is 19.5. The van der Waals surface area contributed by atoms with E-state index in [9.17, 15) is 14.4 Å². The van der Waals surface area contributed by atoms with Gasteiger partial charge in [-0.25, -0.2) is 0 Å². The first kappa shape index (κ1) is 26.6. The number of hydrogen-bond acceptors (Lipinski definition) is 6. The molecule has 0 unspecified atom stereocenters. The highest BCUT2D eigenvalue weighted by molar-refractivity contribution is 6.31. The van der Waals surface area contributed by atoms with Gasteiger partial charge < -0.3 is 24.8 Å². The molecule has 0 saturated carbocycles. The summed E-state index contributed by atoms with van der Waals surface area (Å²) in [4.78, 5) is 36.2. The number of carbonyl (C=O) groups excluding carboxylic acids is 3. The van der Waals surface area contributed by atoms with Crippen molar-refractivity contribution in [1.29, 1.82) is 0 Å². The number of methoxy groups -OCH3 is 1. The molecule has 8 nitrogen and oxygen atoms in total. The van der Waals surface area contributed by atoms with Crippen LogP contribution < -0.4 is 20.1 Å². The smallest absolute Gasteiger partial charge is 0.306 e. The lowest BCUT2D eigenvalue weighted by Crippen LogP contribution is -2.21. The van der Waals surface area contributed by atoms with Crippen LogP contribution in [0.2, 0.25) is 5.02 Å². The molecule has 3 aromatic rings. The zero-order valence-electron chi connectivity index (χ0n) is 20.0. The second kappa shape index (κ2) is 13.2. The Kier molecular flexibility index (Phi) is 9.71. The van der Waals surface area contributed by atoms with Gasteiger partial charge in [-0.3, -0.25) is 14.4 Å². The molecule has 36 heavy (non-hydrogen) atoms. The van der Waals surface area contributed by atoms with Crippen LogP contribution in [0.15, 0.2) is 66.7 Å². The van der Waals surface area contributed by atoms with Crippen molar-refractivity contribution in [2.75, 3.05) is 24.4 Å². The molecule has 0 aromatic heterocycles. The SMILES string of the molecule is COc1ccc(Cl)cc1NC(=O)COC(=O)CCCC(=O)Nc1ccc(Oc2ccc(C)cc2)cc1. The van der Waals surface area contributed by atoms with E-state index in [2.05, 4.69) is 10.6 Å². The molecule has 0 aliphatic rings. The number of rotatable bonds is 11. The molecule has 188 valence electrons. The maximum atomic E-state index is 12.2. The van der Waals surface area contributed by atoms with Crippen molar-refractivity contribution in [1.82, 2.24) is 0 Å². The number of aryl methyl sites for hydroxylation is 1. The van der Waals surface area contributed by atoms with Gasteiger partial charge in [0.25, 0.3) is 5.91 Å². The highest BCUT2D eigenvalue weighted by atomic mass is 35.5. The Morgan fingerprint density at radius 3 is 2.17 bits per heavy atom. The first-order chi connectivity index (χ1) is 17.3. The monoisotopic (exact) mass is 510 g/mol. The Bertz CT molecular complexity index is 1200. The summed E-state index contributed by atoms with van der Waals surface area (Å²) in [6.07, 6.45) is 0.413. The fourth-order valence-corrected chi connectivity index (χ4v) is 3.32. The molecule has 9 heteroatoms. The molecule has 0 spiro atoms. The number of anilines is 2. The summed E-state index contributed by atoms with van der Waals surface area (Å²) >= 11 is 5.93. The van der Waals surface area contributed by atoms with Gasteiger partial charge in [0.2, 0.25) is 5.91 Å². The van der Waals surface area contributed by atoms with Gasteiger partial charge in [-0.1, -0.05) is 29.3 Å². The van der Waals surface area contributed by atoms with E-state index in [0.717, 1.165) is 11.3 Å². The van der Waals surface area contributed by atoms with Crippen LogP contribution >= 0.6 is 11.6 Å². The second-order valence-electron chi connectivity index (χ2n) is 7.89. The van der Waals surface area contributed by atoms with Crippen molar-refractivity contribution in [3.05, 3.63) is 77.3 Å². The maximum absolute atomic E-state index is 12.2. The number of nitrogens with one attached hydrogen (secondary N) is 2. The van der Waals surface area contributed by atoms with Crippen molar-refractivity contribution in [2.45, 2.75) is 26.2 Å². The van der Waals surface area contributed by atoms with Crippen LogP contribution in [0, 0.1) is 6.92 Å². The van der Waals surface area contributed by atoms with Gasteiger partial charge in [0.1, 0.15) is 17.2 Å². The van der Waals surface area contributed by atoms with Crippen molar-refractivity contribution < 1.29 is 28.6 Å². The summed E-state index contributed by atoms with van der Waals surface area (Å²) in [5.41, 5.74) is 2.14. The highest BCUT2D eigenvalue weighted by Crippen LogP contribution is 2.27. The molecule has 3 aromatic carbocycles. The van der Waals surface area contributed by atoms with Gasteiger partial charge in [-0.15, -0.1) is 0 Å². The van der Waals surface area contributed by atoms with Crippen LogP contribution in [0.5, 0.6) is 17.2 Å². The third kappa shape index (κ3) is 8.63. The number of esters is 1. The van der Waals surface area contributed by atoms with Gasteiger partial charge in [0.15, 0.2) is 6.61 Å². The molecule has 0 bridgehead atoms. The molecule has 0 radical (unpaired) electrons. The summed E-state index contributed by atoms with van der Waals surface area (Å²) in [6.45, 7) is 1.54. The quantitative estimate of drug-likeness (QED) is 0.319. The first-order valence-electron chi connectivity index (χ1n) is 11.3. The molecule has 0 aliphatic carbocycles. The number of ether oxygens (including phenoxy) is 3. The van der Waals surface area contributed by atoms with E-state index in [4.69, 9.17) is 25.8 Å². The minimum atomic E-state index is -0.575. The second-order valence-corrected chi connectivity index (χ2v) is 8.33. The van der Waals surface area contributed by atoms with Crippen molar-refractivity contribution in [2.24, 2.45) is 0 Å². The Morgan fingerprint density at radius 2 is 1.50 bits per heavy atom. The largest absolute Gasteiger partial charge is 0.495 e. The van der Waals surface area contributed by atoms with Crippen LogP contribution in [0.4, 0.5) is 11.4 Å². The number of amides is 2. The summed E-state index contributed by atoms with van der Waals surface area (Å²) in [5.74, 6) is 0.466. The lowest BCUT2D eigenvalue weighted by Gasteiger charge is -2.11. The minimum Gasteiger partial charge on any atom is -0.495 e. The number of carbonyl (C=O) groups is 3. The predicted molar refractivity (Wildman–Crippen MR) is 138 cm³/mol. The number of benzene rings is 3. The predicted octanol–water partition coefficient (Wildman–Crippen LogP) is 5.74. The van der Waals surface area contributed by atoms with E-state index in [1.54, 1.807) is 36.4 Å². The van der Waals surface area contributed by atoms with E-state index < -0.39 is 18.5 Å². The Labute approximate surface area is 214 Å². The molecule has 0 atom stereocenters. The zero-order valence-corrected chi connectivity index (χ0v) is 20.8. The van der Waals surface area contributed by atoms with Gasteiger partial charge in [-0.05, 0) is 67.9 Å². The molecule has 0 aliphatic heterocycles. The third-order valence-electron chi connectivity index (χ3n) is 4.98. The average Bonchev–Trinajstić information content (AvgIpc) is 2.85. The van der Waals surface area contributed by atoms with E-state index in [-0.39, 0.29) is 25.2 Å². The molecular weight excluding hydrogens is 484 g/mol. The zero-order chi connectivity index (χ0) is 25.9. The van der Waals surface area contributed by atoms with Gasteiger partial charge in [0.05, 0.1) is 12.8 Å². The Hall–Kier alpha value is -4.04. The van der Waals surface area contributed by atoms with Crippen LogP contribution in [0.25, 0.3) is 0 Å². The van der Waals surface area contributed by atoms with E-state index in [1.807, 2.05) is 31.2 Å². The lowest BCUT2D eigenvalue weighted by molar-refractivity contribution is -0.147. The number of halogens is 1. The third-order valence-corrected chi connectivity index (χ3v) is 5.21. The fraction of sp³-hybridized carbons (Fsp3) is 0.222. The molecular formula is C27H27ClN2O6. The molecule has 2 N–H and O–H groups in total. The highest BCUT2D eigenvalue weighted by Gasteiger charge is 2.12. The normalized spacial score (nSPS) is 10.3. The van der Waals surface area contributed by atoms with Crippen LogP contribution in [0.1, 0.15) is 24.8 Å². The summed E-state index contributed by atoms with van der Waals surface area (Å²) in [5, 5.41) is 5.78. The van der Waals surface area contributed by atoms with Crippen LogP contribution in [-0.4, -0.2) is 31.5 Å². The molecule has 0 fully saturated rings. The fourth-order valence-electron chi connectivity index (χ4n) is 3.15. The number of hydrogen-bond donors (Lipinski definition) is 2. The molecule has 2 amide bonds. The standard InChI is InChI=1S/C27H27ClN2O6/c1-18-6-11-21(12-7-18)36-22-13-9-20(10-14-22)29-25(31)4-3-5-27(33)35-17-26(32)30-23-16-19(28)8-15-24(23)34-2/h6-16H,3-5,17H2,1-2H3,(H,29,31)(H,30,32). The lowest BCUT2D eigenvalue weighted by atomic mass is 10.2. The van der Waals surface area contributed by atoms with Crippen molar-refractivity contribution >= 4 is 40.8 Å². The van der Waals surface area contributed by atoms with Crippen LogP contribution in [-0.2, 0) is 19.1 Å². The van der Waals surface area contributed by atoms with Crippen molar-refractivity contribution in [3.8, 4) is 17.2 Å². The maximum Gasteiger partial charge on any atom is 0.306 e. The van der Waals surface area contributed by atoms with Gasteiger partial charge in [-0.2, -0.15) is 0 Å². The average molecular weight is 511 g/mol. The topological polar surface area (TPSA) is 103 Å². The Morgan fingerprint density at radius 1 is 0.833 bits per heavy atom. The summed E-state index contributed by atoms with van der Waals surface area (Å²) < 4.78 is 15.9. The minimum absolute atomic E-state index is 0.00448. The van der Waals surface area contributed by atoms with E-state index in [0.29, 0.717) is 27.9 Å². The first-order valence-corrected chi connectivity index (χ1v) is 11.6. The molecule has 0 saturated heterocycles. The van der Waals surface area contributed by atoms with E-state index >= 15 is 0 Å². The van der Waals surface area contributed by atoms with Crippen LogP contribution in [0.3, 0.4) is 0 Å².